The van der Waals surface area contributed by atoms with Crippen molar-refractivity contribution in [3.05, 3.63) is 30.3 Å². The fourth-order valence-electron chi connectivity index (χ4n) is 1.84. The van der Waals surface area contributed by atoms with Gasteiger partial charge in [-0.2, -0.15) is 0 Å². The first-order valence-electron chi connectivity index (χ1n) is 7.00. The molecule has 5 nitrogen and oxygen atoms in total. The summed E-state index contributed by atoms with van der Waals surface area (Å²) in [6, 6.07) is 9.53. The Hall–Kier alpha value is -2.04. The smallest absolute Gasteiger partial charge is 0.239 e. The van der Waals surface area contributed by atoms with Crippen LogP contribution in [-0.2, 0) is 9.59 Å². The molecule has 0 aliphatic rings. The highest BCUT2D eigenvalue weighted by molar-refractivity contribution is 5.82. The largest absolute Gasteiger partial charge is 0.376 e. The van der Waals surface area contributed by atoms with Gasteiger partial charge in [-0.05, 0) is 26.0 Å². The van der Waals surface area contributed by atoms with Gasteiger partial charge in [-0.15, -0.1) is 0 Å². The number of para-hydroxylation sites is 1. The zero-order chi connectivity index (χ0) is 14.8. The number of nitrogens with zero attached hydrogens (tertiary/aromatic N) is 1. The maximum absolute atomic E-state index is 11.7. The van der Waals surface area contributed by atoms with E-state index in [0.29, 0.717) is 26.1 Å². The van der Waals surface area contributed by atoms with Gasteiger partial charge in [0.2, 0.25) is 11.8 Å². The number of hydrogen-bond acceptors (Lipinski definition) is 3. The predicted octanol–water partition coefficient (Wildman–Crippen LogP) is 1.47. The Morgan fingerprint density at radius 3 is 2.35 bits per heavy atom. The Morgan fingerprint density at radius 1 is 1.10 bits per heavy atom. The number of anilines is 1. The van der Waals surface area contributed by atoms with Crippen LogP contribution >= 0.6 is 0 Å². The van der Waals surface area contributed by atoms with Crippen LogP contribution in [0.3, 0.4) is 0 Å². The summed E-state index contributed by atoms with van der Waals surface area (Å²) in [5.41, 5.74) is 0.905. The summed E-state index contributed by atoms with van der Waals surface area (Å²) in [5.74, 6) is -0.0347. The highest BCUT2D eigenvalue weighted by Gasteiger charge is 2.09. The van der Waals surface area contributed by atoms with Crippen LogP contribution in [-0.4, -0.2) is 42.9 Å². The van der Waals surface area contributed by atoms with Crippen LogP contribution in [0.5, 0.6) is 0 Å². The van der Waals surface area contributed by atoms with Gasteiger partial charge in [0.15, 0.2) is 0 Å². The van der Waals surface area contributed by atoms with Crippen molar-refractivity contribution >= 4 is 17.5 Å². The van der Waals surface area contributed by atoms with Crippen LogP contribution < -0.4 is 10.6 Å². The maximum atomic E-state index is 11.7. The lowest BCUT2D eigenvalue weighted by Gasteiger charge is -2.18. The molecule has 2 N–H and O–H groups in total. The second-order valence-electron chi connectivity index (χ2n) is 4.39. The molecule has 0 aliphatic carbocycles. The number of carbonyl (C=O) groups is 2. The average molecular weight is 277 g/mol. The Bertz CT molecular complexity index is 416. The third-order valence-corrected chi connectivity index (χ3v) is 3.00. The molecule has 0 saturated carbocycles. The molecule has 2 amide bonds. The van der Waals surface area contributed by atoms with Crippen molar-refractivity contribution in [2.45, 2.75) is 20.3 Å². The topological polar surface area (TPSA) is 61.4 Å². The van der Waals surface area contributed by atoms with Crippen molar-refractivity contribution in [3.8, 4) is 0 Å². The third-order valence-electron chi connectivity index (χ3n) is 3.00. The first-order chi connectivity index (χ1) is 9.67. The maximum Gasteiger partial charge on any atom is 0.239 e. The van der Waals surface area contributed by atoms with E-state index in [2.05, 4.69) is 10.6 Å². The van der Waals surface area contributed by atoms with Crippen molar-refractivity contribution in [3.63, 3.8) is 0 Å². The van der Waals surface area contributed by atoms with Gasteiger partial charge in [0.25, 0.3) is 0 Å². The molecule has 0 saturated heterocycles. The standard InChI is InChI=1S/C15H23N3O2/c1-3-18(4-2)15(20)10-11-16-14(19)12-17-13-8-6-5-7-9-13/h5-9,17H,3-4,10-12H2,1-2H3,(H,16,19). The van der Waals surface area contributed by atoms with Gasteiger partial charge in [0.1, 0.15) is 0 Å². The second-order valence-corrected chi connectivity index (χ2v) is 4.39. The second kappa shape index (κ2) is 8.96. The van der Waals surface area contributed by atoms with Gasteiger partial charge >= 0.3 is 0 Å². The first kappa shape index (κ1) is 16.0. The SMILES string of the molecule is CCN(CC)C(=O)CCNC(=O)CNc1ccccc1. The molecule has 110 valence electrons. The van der Waals surface area contributed by atoms with E-state index in [4.69, 9.17) is 0 Å². The highest BCUT2D eigenvalue weighted by Crippen LogP contribution is 2.03. The molecule has 0 unspecified atom stereocenters. The molecule has 5 heteroatoms. The lowest BCUT2D eigenvalue weighted by atomic mass is 10.3. The minimum Gasteiger partial charge on any atom is -0.376 e. The first-order valence-corrected chi connectivity index (χ1v) is 7.00. The molecule has 0 bridgehead atoms. The number of carbonyl (C=O) groups excluding carboxylic acids is 2. The van der Waals surface area contributed by atoms with Crippen molar-refractivity contribution < 1.29 is 9.59 Å². The number of benzene rings is 1. The summed E-state index contributed by atoms with van der Waals surface area (Å²) in [6.45, 7) is 5.90. The monoisotopic (exact) mass is 277 g/mol. The molecule has 0 aliphatic heterocycles. The summed E-state index contributed by atoms with van der Waals surface area (Å²) < 4.78 is 0. The Labute approximate surface area is 120 Å². The van der Waals surface area contributed by atoms with Crippen molar-refractivity contribution in [2.24, 2.45) is 0 Å². The number of rotatable bonds is 8. The average Bonchev–Trinajstić information content (AvgIpc) is 2.47. The van der Waals surface area contributed by atoms with Crippen molar-refractivity contribution in [2.75, 3.05) is 31.5 Å². The van der Waals surface area contributed by atoms with Crippen LogP contribution in [0.1, 0.15) is 20.3 Å². The molecule has 1 aromatic rings. The predicted molar refractivity (Wildman–Crippen MR) is 80.5 cm³/mol. The molecule has 1 rings (SSSR count). The minimum atomic E-state index is -0.110. The van der Waals surface area contributed by atoms with Crippen LogP contribution in [0.15, 0.2) is 30.3 Å². The van der Waals surface area contributed by atoms with Gasteiger partial charge in [-0.3, -0.25) is 9.59 Å². The Balaban J connectivity index is 2.19. The van der Waals surface area contributed by atoms with Gasteiger partial charge in [0.05, 0.1) is 6.54 Å². The third kappa shape index (κ3) is 5.73. The van der Waals surface area contributed by atoms with E-state index in [1.54, 1.807) is 4.90 Å². The van der Waals surface area contributed by atoms with Gasteiger partial charge in [0, 0.05) is 31.7 Å². The van der Waals surface area contributed by atoms with Gasteiger partial charge in [-0.1, -0.05) is 18.2 Å². The van der Waals surface area contributed by atoms with E-state index >= 15 is 0 Å². The quantitative estimate of drug-likeness (QED) is 0.756. The molecule has 0 heterocycles. The van der Waals surface area contributed by atoms with Crippen LogP contribution in [0.4, 0.5) is 5.69 Å². The molecule has 0 radical (unpaired) electrons. The van der Waals surface area contributed by atoms with E-state index in [9.17, 15) is 9.59 Å². The van der Waals surface area contributed by atoms with E-state index in [0.717, 1.165) is 5.69 Å². The lowest BCUT2D eigenvalue weighted by molar-refractivity contribution is -0.130. The Morgan fingerprint density at radius 2 is 1.75 bits per heavy atom. The number of nitrogens with one attached hydrogen (secondary N) is 2. The zero-order valence-corrected chi connectivity index (χ0v) is 12.2. The summed E-state index contributed by atoms with van der Waals surface area (Å²) in [6.07, 6.45) is 0.346. The molecule has 0 spiro atoms. The van der Waals surface area contributed by atoms with Crippen LogP contribution in [0.2, 0.25) is 0 Å². The van der Waals surface area contributed by atoms with Crippen molar-refractivity contribution in [1.82, 2.24) is 10.2 Å². The molecule has 0 atom stereocenters. The molecule has 1 aromatic carbocycles. The molecular weight excluding hydrogens is 254 g/mol. The van der Waals surface area contributed by atoms with E-state index in [-0.39, 0.29) is 18.4 Å². The fourth-order valence-corrected chi connectivity index (χ4v) is 1.84. The van der Waals surface area contributed by atoms with Gasteiger partial charge in [-0.25, -0.2) is 0 Å². The van der Waals surface area contributed by atoms with E-state index in [1.165, 1.54) is 0 Å². The minimum absolute atomic E-state index is 0.0753. The molecule has 0 aromatic heterocycles. The summed E-state index contributed by atoms with van der Waals surface area (Å²) in [7, 11) is 0. The molecule has 0 fully saturated rings. The van der Waals surface area contributed by atoms with Crippen LogP contribution in [0.25, 0.3) is 0 Å². The number of amides is 2. The highest BCUT2D eigenvalue weighted by atomic mass is 16.2. The van der Waals surface area contributed by atoms with E-state index < -0.39 is 0 Å². The fraction of sp³-hybridized carbons (Fsp3) is 0.467. The lowest BCUT2D eigenvalue weighted by Crippen LogP contribution is -2.36. The van der Waals surface area contributed by atoms with Crippen molar-refractivity contribution in [1.29, 1.82) is 0 Å². The summed E-state index contributed by atoms with van der Waals surface area (Å²) in [4.78, 5) is 25.1. The zero-order valence-electron chi connectivity index (χ0n) is 12.2. The molecular formula is C15H23N3O2. The normalized spacial score (nSPS) is 9.90. The van der Waals surface area contributed by atoms with Gasteiger partial charge < -0.3 is 15.5 Å². The Kier molecular flexibility index (Phi) is 7.17. The summed E-state index contributed by atoms with van der Waals surface area (Å²) in [5, 5.41) is 5.76. The number of hydrogen-bond donors (Lipinski definition) is 2. The molecule has 20 heavy (non-hydrogen) atoms. The van der Waals surface area contributed by atoms with Crippen LogP contribution in [0, 0.1) is 0 Å². The summed E-state index contributed by atoms with van der Waals surface area (Å²) >= 11 is 0. The van der Waals surface area contributed by atoms with E-state index in [1.807, 2.05) is 44.2 Å².